The second-order valence-corrected chi connectivity index (χ2v) is 7.29. The zero-order valence-corrected chi connectivity index (χ0v) is 14.9. The van der Waals surface area contributed by atoms with Crippen molar-refractivity contribution in [2.75, 3.05) is 11.9 Å². The van der Waals surface area contributed by atoms with Gasteiger partial charge in [-0.3, -0.25) is 9.54 Å². The summed E-state index contributed by atoms with van der Waals surface area (Å²) in [5, 5.41) is 3.23. The average Bonchev–Trinajstić information content (AvgIpc) is 3.11. The van der Waals surface area contributed by atoms with Gasteiger partial charge in [0.1, 0.15) is 0 Å². The fourth-order valence-corrected chi connectivity index (χ4v) is 3.02. The highest BCUT2D eigenvalue weighted by molar-refractivity contribution is 7.85. The van der Waals surface area contributed by atoms with Crippen LogP contribution in [-0.4, -0.2) is 34.1 Å². The maximum atomic E-state index is 11.0. The van der Waals surface area contributed by atoms with Crippen LogP contribution in [0.15, 0.2) is 66.2 Å². The summed E-state index contributed by atoms with van der Waals surface area (Å²) in [6, 6.07) is 9.91. The van der Waals surface area contributed by atoms with Crippen molar-refractivity contribution in [1.82, 2.24) is 14.5 Å². The van der Waals surface area contributed by atoms with Crippen LogP contribution in [0.25, 0.3) is 11.3 Å². The van der Waals surface area contributed by atoms with Gasteiger partial charge in [0.25, 0.3) is 10.1 Å². The standard InChI is InChI=1S/C18H20N4O3S/c23-26(24,25)17-7-5-16(6-8-17)20-10-1-2-11-22-13-18(21-14-22)15-4-3-9-19-12-15/h3-9,12-14,20H,1-2,10-11H2,(H,23,24,25). The van der Waals surface area contributed by atoms with Crippen molar-refractivity contribution >= 4 is 15.8 Å². The highest BCUT2D eigenvalue weighted by Crippen LogP contribution is 2.16. The van der Waals surface area contributed by atoms with Crippen LogP contribution in [0.5, 0.6) is 0 Å². The summed E-state index contributed by atoms with van der Waals surface area (Å²) in [6.45, 7) is 1.64. The molecule has 3 rings (SSSR count). The molecule has 0 aliphatic rings. The van der Waals surface area contributed by atoms with Crippen molar-refractivity contribution < 1.29 is 13.0 Å². The lowest BCUT2D eigenvalue weighted by atomic mass is 10.2. The Hall–Kier alpha value is -2.71. The number of aryl methyl sites for hydroxylation is 1. The molecule has 0 saturated carbocycles. The molecule has 136 valence electrons. The Balaban J connectivity index is 1.41. The highest BCUT2D eigenvalue weighted by atomic mass is 32.2. The van der Waals surface area contributed by atoms with Gasteiger partial charge >= 0.3 is 0 Å². The van der Waals surface area contributed by atoms with Crippen LogP contribution in [0.4, 0.5) is 5.69 Å². The van der Waals surface area contributed by atoms with Crippen LogP contribution >= 0.6 is 0 Å². The van der Waals surface area contributed by atoms with E-state index in [2.05, 4.69) is 19.9 Å². The first-order valence-electron chi connectivity index (χ1n) is 8.26. The molecule has 0 amide bonds. The summed E-state index contributed by atoms with van der Waals surface area (Å²) in [7, 11) is -4.14. The zero-order valence-electron chi connectivity index (χ0n) is 14.1. The Bertz CT molecular complexity index is 938. The first kappa shape index (κ1) is 18.1. The Labute approximate surface area is 152 Å². The van der Waals surface area contributed by atoms with Gasteiger partial charge in [0.2, 0.25) is 0 Å². The lowest BCUT2D eigenvalue weighted by Gasteiger charge is -2.07. The van der Waals surface area contributed by atoms with E-state index in [1.165, 1.54) is 12.1 Å². The molecule has 8 heteroatoms. The lowest BCUT2D eigenvalue weighted by Crippen LogP contribution is -2.04. The van der Waals surface area contributed by atoms with Gasteiger partial charge < -0.3 is 9.88 Å². The van der Waals surface area contributed by atoms with Crippen LogP contribution in [0, 0.1) is 0 Å². The highest BCUT2D eigenvalue weighted by Gasteiger charge is 2.08. The van der Waals surface area contributed by atoms with Crippen LogP contribution in [-0.2, 0) is 16.7 Å². The Kier molecular flexibility index (Phi) is 5.65. The van der Waals surface area contributed by atoms with E-state index in [1.807, 2.05) is 24.7 Å². The number of hydrogen-bond acceptors (Lipinski definition) is 5. The van der Waals surface area contributed by atoms with Crippen molar-refractivity contribution in [3.63, 3.8) is 0 Å². The van der Waals surface area contributed by atoms with Gasteiger partial charge in [0.15, 0.2) is 0 Å². The Morgan fingerprint density at radius 1 is 1.12 bits per heavy atom. The number of benzene rings is 1. The number of nitrogens with zero attached hydrogens (tertiary/aromatic N) is 3. The van der Waals surface area contributed by atoms with Gasteiger partial charge in [-0.15, -0.1) is 0 Å². The maximum absolute atomic E-state index is 11.0. The minimum Gasteiger partial charge on any atom is -0.385 e. The normalized spacial score (nSPS) is 11.4. The summed E-state index contributed by atoms with van der Waals surface area (Å²) in [6.07, 6.45) is 9.31. The topological polar surface area (TPSA) is 97.1 Å². The van der Waals surface area contributed by atoms with Gasteiger partial charge in [-0.25, -0.2) is 4.98 Å². The van der Waals surface area contributed by atoms with Crippen molar-refractivity contribution in [3.8, 4) is 11.3 Å². The number of pyridine rings is 1. The number of aromatic nitrogens is 3. The van der Waals surface area contributed by atoms with E-state index in [1.54, 1.807) is 24.5 Å². The second kappa shape index (κ2) is 8.11. The minimum atomic E-state index is -4.14. The number of imidazole rings is 1. The number of hydrogen-bond donors (Lipinski definition) is 2. The molecule has 1 aromatic carbocycles. The molecule has 0 atom stereocenters. The Morgan fingerprint density at radius 2 is 1.92 bits per heavy atom. The molecule has 0 bridgehead atoms. The van der Waals surface area contributed by atoms with Gasteiger partial charge in [0, 0.05) is 42.9 Å². The van der Waals surface area contributed by atoms with E-state index in [0.717, 1.165) is 42.9 Å². The number of rotatable bonds is 8. The monoisotopic (exact) mass is 372 g/mol. The predicted molar refractivity (Wildman–Crippen MR) is 99.4 cm³/mol. The number of anilines is 1. The van der Waals surface area contributed by atoms with Crippen molar-refractivity contribution in [1.29, 1.82) is 0 Å². The number of unbranched alkanes of at least 4 members (excludes halogenated alkanes) is 1. The van der Waals surface area contributed by atoms with E-state index in [-0.39, 0.29) is 4.90 Å². The zero-order chi connectivity index (χ0) is 18.4. The van der Waals surface area contributed by atoms with Crippen LogP contribution in [0.1, 0.15) is 12.8 Å². The molecule has 0 fully saturated rings. The molecule has 0 aliphatic heterocycles. The molecule has 0 spiro atoms. The molecule has 0 radical (unpaired) electrons. The molecule has 2 N–H and O–H groups in total. The van der Waals surface area contributed by atoms with Gasteiger partial charge in [0.05, 0.1) is 16.9 Å². The van der Waals surface area contributed by atoms with Crippen LogP contribution in [0.3, 0.4) is 0 Å². The summed E-state index contributed by atoms with van der Waals surface area (Å²) >= 11 is 0. The molecular formula is C18H20N4O3S. The van der Waals surface area contributed by atoms with Crippen LogP contribution < -0.4 is 5.32 Å². The van der Waals surface area contributed by atoms with E-state index in [9.17, 15) is 8.42 Å². The summed E-state index contributed by atoms with van der Waals surface area (Å²) in [5.41, 5.74) is 2.73. The van der Waals surface area contributed by atoms with E-state index >= 15 is 0 Å². The third-order valence-corrected chi connectivity index (χ3v) is 4.78. The van der Waals surface area contributed by atoms with Crippen molar-refractivity contribution in [3.05, 3.63) is 61.3 Å². The third-order valence-electron chi connectivity index (χ3n) is 3.91. The SMILES string of the molecule is O=S(=O)(O)c1ccc(NCCCCn2cnc(-c3cccnc3)c2)cc1. The number of nitrogens with one attached hydrogen (secondary N) is 1. The molecular weight excluding hydrogens is 352 g/mol. The van der Waals surface area contributed by atoms with Crippen molar-refractivity contribution in [2.24, 2.45) is 0 Å². The average molecular weight is 372 g/mol. The molecule has 7 nitrogen and oxygen atoms in total. The molecule has 2 heterocycles. The molecule has 3 aromatic rings. The molecule has 26 heavy (non-hydrogen) atoms. The summed E-state index contributed by atoms with van der Waals surface area (Å²) in [4.78, 5) is 8.39. The molecule has 2 aromatic heterocycles. The first-order valence-corrected chi connectivity index (χ1v) is 9.70. The second-order valence-electron chi connectivity index (χ2n) is 5.87. The quantitative estimate of drug-likeness (QED) is 0.466. The Morgan fingerprint density at radius 3 is 2.62 bits per heavy atom. The smallest absolute Gasteiger partial charge is 0.294 e. The van der Waals surface area contributed by atoms with E-state index < -0.39 is 10.1 Å². The molecule has 0 unspecified atom stereocenters. The first-order chi connectivity index (χ1) is 12.5. The fourth-order valence-electron chi connectivity index (χ4n) is 2.54. The molecule has 0 saturated heterocycles. The van der Waals surface area contributed by atoms with E-state index in [4.69, 9.17) is 4.55 Å². The van der Waals surface area contributed by atoms with E-state index in [0.29, 0.717) is 0 Å². The predicted octanol–water partition coefficient (Wildman–Crippen LogP) is 3.08. The maximum Gasteiger partial charge on any atom is 0.294 e. The largest absolute Gasteiger partial charge is 0.385 e. The van der Waals surface area contributed by atoms with Gasteiger partial charge in [-0.05, 0) is 49.2 Å². The van der Waals surface area contributed by atoms with Crippen molar-refractivity contribution in [2.45, 2.75) is 24.3 Å². The van der Waals surface area contributed by atoms with Crippen LogP contribution in [0.2, 0.25) is 0 Å². The lowest BCUT2D eigenvalue weighted by molar-refractivity contribution is 0.483. The van der Waals surface area contributed by atoms with Gasteiger partial charge in [-0.2, -0.15) is 8.42 Å². The summed E-state index contributed by atoms with van der Waals surface area (Å²) in [5.74, 6) is 0. The molecule has 0 aliphatic carbocycles. The third kappa shape index (κ3) is 4.90. The fraction of sp³-hybridized carbons (Fsp3) is 0.222. The minimum absolute atomic E-state index is 0.104. The summed E-state index contributed by atoms with van der Waals surface area (Å²) < 4.78 is 33.0. The van der Waals surface area contributed by atoms with Gasteiger partial charge in [-0.1, -0.05) is 0 Å².